The van der Waals surface area contributed by atoms with E-state index in [0.717, 1.165) is 16.3 Å². The van der Waals surface area contributed by atoms with Gasteiger partial charge >= 0.3 is 17.6 Å². The SMILES string of the molecule is Nc1ccn([C@@H]2SC(COC(=O)[C@@H](N)CCC(=O)O)=C(O)C2O)c(=O)n1. The molecule has 1 aliphatic heterocycles. The van der Waals surface area contributed by atoms with Crippen molar-refractivity contribution < 1.29 is 29.6 Å². The van der Waals surface area contributed by atoms with Crippen molar-refractivity contribution in [1.29, 1.82) is 0 Å². The fraction of sp³-hybridized carbons (Fsp3) is 0.429. The number of nitrogen functional groups attached to an aromatic ring is 1. The summed E-state index contributed by atoms with van der Waals surface area (Å²) in [7, 11) is 0. The average molecular weight is 386 g/mol. The highest BCUT2D eigenvalue weighted by Gasteiger charge is 2.37. The van der Waals surface area contributed by atoms with Crippen LogP contribution in [0.15, 0.2) is 27.7 Å². The van der Waals surface area contributed by atoms with Gasteiger partial charge in [-0.25, -0.2) is 4.79 Å². The normalized spacial score (nSPS) is 20.8. The third-order valence-electron chi connectivity index (χ3n) is 3.54. The highest BCUT2D eigenvalue weighted by atomic mass is 32.2. The van der Waals surface area contributed by atoms with Crippen LogP contribution in [0.5, 0.6) is 0 Å². The number of carbonyl (C=O) groups is 2. The van der Waals surface area contributed by atoms with E-state index in [-0.39, 0.29) is 30.2 Å². The number of carboxylic acids is 1. The topological polar surface area (TPSA) is 191 Å². The van der Waals surface area contributed by atoms with E-state index >= 15 is 0 Å². The zero-order valence-corrected chi connectivity index (χ0v) is 14.3. The van der Waals surface area contributed by atoms with Gasteiger partial charge in [0.1, 0.15) is 35.7 Å². The van der Waals surface area contributed by atoms with E-state index in [4.69, 9.17) is 21.3 Å². The number of hydrogen-bond acceptors (Lipinski definition) is 10. The molecule has 11 nitrogen and oxygen atoms in total. The molecule has 0 aliphatic carbocycles. The van der Waals surface area contributed by atoms with E-state index in [1.165, 1.54) is 12.3 Å². The first-order valence-corrected chi connectivity index (χ1v) is 8.34. The quantitative estimate of drug-likeness (QED) is 0.359. The molecule has 1 aromatic heterocycles. The second-order valence-corrected chi connectivity index (χ2v) is 6.66. The van der Waals surface area contributed by atoms with Gasteiger partial charge in [0.05, 0.1) is 4.91 Å². The molecule has 0 spiro atoms. The third kappa shape index (κ3) is 4.53. The molecule has 142 valence electrons. The first kappa shape index (κ1) is 19.8. The van der Waals surface area contributed by atoms with Gasteiger partial charge in [-0.2, -0.15) is 4.98 Å². The molecule has 2 heterocycles. The minimum Gasteiger partial charge on any atom is -0.508 e. The lowest BCUT2D eigenvalue weighted by Gasteiger charge is -2.16. The molecular formula is C14H18N4O7S. The predicted molar refractivity (Wildman–Crippen MR) is 91.0 cm³/mol. The lowest BCUT2D eigenvalue weighted by atomic mass is 10.2. The monoisotopic (exact) mass is 386 g/mol. The van der Waals surface area contributed by atoms with E-state index in [1.807, 2.05) is 0 Å². The summed E-state index contributed by atoms with van der Waals surface area (Å²) in [5, 5.41) is 27.8. The van der Waals surface area contributed by atoms with Crippen molar-refractivity contribution in [2.45, 2.75) is 30.4 Å². The number of carboxylic acid groups (broad SMARTS) is 1. The maximum atomic E-state index is 11.9. The molecule has 12 heteroatoms. The van der Waals surface area contributed by atoms with Crippen LogP contribution < -0.4 is 17.2 Å². The number of rotatable bonds is 7. The fourth-order valence-corrected chi connectivity index (χ4v) is 3.34. The van der Waals surface area contributed by atoms with Gasteiger partial charge in [-0.3, -0.25) is 14.2 Å². The van der Waals surface area contributed by atoms with Gasteiger partial charge < -0.3 is 31.5 Å². The average Bonchev–Trinajstić information content (AvgIpc) is 2.85. The van der Waals surface area contributed by atoms with Crippen molar-refractivity contribution in [3.63, 3.8) is 0 Å². The van der Waals surface area contributed by atoms with Gasteiger partial charge in [-0.05, 0) is 12.5 Å². The van der Waals surface area contributed by atoms with Gasteiger partial charge in [-0.1, -0.05) is 11.8 Å². The largest absolute Gasteiger partial charge is 0.508 e. The lowest BCUT2D eigenvalue weighted by Crippen LogP contribution is -2.33. The molecule has 1 unspecified atom stereocenters. The van der Waals surface area contributed by atoms with Crippen molar-refractivity contribution >= 4 is 29.5 Å². The molecule has 3 atom stereocenters. The Labute approximate surface area is 151 Å². The molecule has 0 fully saturated rings. The summed E-state index contributed by atoms with van der Waals surface area (Å²) >= 11 is 0.922. The number of thioether (sulfide) groups is 1. The molecule has 0 aromatic carbocycles. The molecule has 0 saturated carbocycles. The molecule has 1 aliphatic rings. The van der Waals surface area contributed by atoms with Gasteiger partial charge in [0, 0.05) is 12.6 Å². The van der Waals surface area contributed by atoms with Gasteiger partial charge in [0.2, 0.25) is 0 Å². The number of carbonyl (C=O) groups excluding carboxylic acids is 1. The molecule has 7 N–H and O–H groups in total. The van der Waals surface area contributed by atoms with Crippen LogP contribution in [0.2, 0.25) is 0 Å². The Bertz CT molecular complexity index is 794. The summed E-state index contributed by atoms with van der Waals surface area (Å²) in [5.41, 5.74) is 10.2. The Morgan fingerprint density at radius 2 is 2.15 bits per heavy atom. The maximum absolute atomic E-state index is 11.9. The van der Waals surface area contributed by atoms with Gasteiger partial charge in [0.25, 0.3) is 0 Å². The lowest BCUT2D eigenvalue weighted by molar-refractivity contribution is -0.144. The van der Waals surface area contributed by atoms with Crippen LogP contribution in [0.4, 0.5) is 5.82 Å². The Morgan fingerprint density at radius 1 is 1.46 bits per heavy atom. The fourth-order valence-electron chi connectivity index (χ4n) is 2.15. The zero-order valence-electron chi connectivity index (χ0n) is 13.4. The smallest absolute Gasteiger partial charge is 0.350 e. The molecular weight excluding hydrogens is 368 g/mol. The maximum Gasteiger partial charge on any atom is 0.350 e. The van der Waals surface area contributed by atoms with Crippen LogP contribution in [-0.2, 0) is 14.3 Å². The Hall–Kier alpha value is -2.57. The summed E-state index contributed by atoms with van der Waals surface area (Å²) in [4.78, 5) is 37.8. The van der Waals surface area contributed by atoms with Crippen molar-refractivity contribution in [3.8, 4) is 0 Å². The summed E-state index contributed by atoms with van der Waals surface area (Å²) in [6.45, 7) is -0.374. The van der Waals surface area contributed by atoms with E-state index < -0.39 is 40.9 Å². The van der Waals surface area contributed by atoms with Crippen LogP contribution in [0.25, 0.3) is 0 Å². The van der Waals surface area contributed by atoms with E-state index in [1.54, 1.807) is 0 Å². The number of nitrogens with two attached hydrogens (primary N) is 2. The Kier molecular flexibility index (Phi) is 6.23. The summed E-state index contributed by atoms with van der Waals surface area (Å²) in [5.74, 6) is -2.34. The number of esters is 1. The van der Waals surface area contributed by atoms with E-state index in [9.17, 15) is 24.6 Å². The number of aliphatic hydroxyl groups excluding tert-OH is 2. The number of nitrogens with zero attached hydrogens (tertiary/aromatic N) is 2. The van der Waals surface area contributed by atoms with Crippen molar-refractivity contribution in [2.75, 3.05) is 12.3 Å². The molecule has 0 saturated heterocycles. The van der Waals surface area contributed by atoms with E-state index in [0.29, 0.717) is 0 Å². The number of anilines is 1. The minimum absolute atomic E-state index is 0.0189. The number of aliphatic hydroxyl groups is 2. The Balaban J connectivity index is 1.99. The second-order valence-electron chi connectivity index (χ2n) is 5.45. The Morgan fingerprint density at radius 3 is 2.77 bits per heavy atom. The second kappa shape index (κ2) is 8.21. The number of aromatic nitrogens is 2. The summed E-state index contributed by atoms with van der Waals surface area (Å²) in [6, 6.07) is 0.246. The molecule has 0 amide bonds. The first-order chi connectivity index (χ1) is 12.2. The first-order valence-electron chi connectivity index (χ1n) is 7.46. The highest BCUT2D eigenvalue weighted by Crippen LogP contribution is 2.43. The van der Waals surface area contributed by atoms with Crippen molar-refractivity contribution in [3.05, 3.63) is 33.4 Å². The standard InChI is InChI=1S/C14H18N4O7S/c15-6(1-2-9(19)20)13(23)25-5-7-10(21)11(22)12(26-7)18-4-3-8(16)17-14(18)24/h3-4,6,11-12,21-22H,1-2,5,15H2,(H,19,20)(H2,16,17,24)/t6-,11?,12+/m0/s1. The van der Waals surface area contributed by atoms with Gasteiger partial charge in [-0.15, -0.1) is 0 Å². The summed E-state index contributed by atoms with van der Waals surface area (Å²) < 4.78 is 6.04. The van der Waals surface area contributed by atoms with Crippen LogP contribution in [0, 0.1) is 0 Å². The predicted octanol–water partition coefficient (Wildman–Crippen LogP) is -1.06. The molecule has 0 radical (unpaired) electrons. The molecule has 0 bridgehead atoms. The molecule has 26 heavy (non-hydrogen) atoms. The molecule has 1 aromatic rings. The van der Waals surface area contributed by atoms with Crippen molar-refractivity contribution in [1.82, 2.24) is 9.55 Å². The highest BCUT2D eigenvalue weighted by molar-refractivity contribution is 8.03. The van der Waals surface area contributed by atoms with E-state index in [2.05, 4.69) is 4.98 Å². The molecule has 2 rings (SSSR count). The third-order valence-corrected chi connectivity index (χ3v) is 4.88. The minimum atomic E-state index is -1.41. The van der Waals surface area contributed by atoms with Crippen LogP contribution >= 0.6 is 11.8 Å². The van der Waals surface area contributed by atoms with Crippen LogP contribution in [0.1, 0.15) is 18.2 Å². The van der Waals surface area contributed by atoms with Crippen LogP contribution in [-0.4, -0.2) is 55.6 Å². The number of ether oxygens (including phenoxy) is 1. The zero-order chi connectivity index (χ0) is 19.4. The summed E-state index contributed by atoms with van der Waals surface area (Å²) in [6.07, 6.45) is -0.454. The number of aliphatic carboxylic acids is 1. The van der Waals surface area contributed by atoms with Crippen molar-refractivity contribution in [2.24, 2.45) is 5.73 Å². The van der Waals surface area contributed by atoms with Gasteiger partial charge in [0.15, 0.2) is 0 Å². The van der Waals surface area contributed by atoms with Crippen LogP contribution in [0.3, 0.4) is 0 Å². The number of hydrogen-bond donors (Lipinski definition) is 5.